The first-order valence-electron chi connectivity index (χ1n) is 5.84. The number of aromatic hydroxyl groups is 1. The van der Waals surface area contributed by atoms with Crippen LogP contribution in [0.2, 0.25) is 0 Å². The Morgan fingerprint density at radius 1 is 0.950 bits per heavy atom. The molecule has 2 aromatic carbocycles. The molecule has 0 spiro atoms. The van der Waals surface area contributed by atoms with E-state index in [1.54, 1.807) is 29.6 Å². The quantitative estimate of drug-likeness (QED) is 0.755. The largest absolute Gasteiger partial charge is 0.508 e. The standard InChI is InChI=1S/C15H9F2NOS/c16-11-2-1-3-12(17)14(11)13-8-20-15(18-13)9-4-6-10(19)7-5-9/h1-8,19H. The molecule has 0 fully saturated rings. The van der Waals surface area contributed by atoms with E-state index < -0.39 is 11.6 Å². The highest BCUT2D eigenvalue weighted by Gasteiger charge is 2.14. The number of phenolic OH excluding ortho intramolecular Hbond substituents is 1. The van der Waals surface area contributed by atoms with Gasteiger partial charge in [-0.25, -0.2) is 13.8 Å². The van der Waals surface area contributed by atoms with Crippen LogP contribution in [0.4, 0.5) is 8.78 Å². The van der Waals surface area contributed by atoms with E-state index in [0.29, 0.717) is 5.01 Å². The third-order valence-electron chi connectivity index (χ3n) is 2.84. The fraction of sp³-hybridized carbons (Fsp3) is 0. The zero-order valence-corrected chi connectivity index (χ0v) is 11.0. The van der Waals surface area contributed by atoms with Gasteiger partial charge in [0.25, 0.3) is 0 Å². The van der Waals surface area contributed by atoms with Crippen LogP contribution in [0.25, 0.3) is 21.8 Å². The second-order valence-corrected chi connectivity index (χ2v) is 5.04. The van der Waals surface area contributed by atoms with Crippen LogP contribution in [0.3, 0.4) is 0 Å². The molecule has 5 heteroatoms. The molecular formula is C15H9F2NOS. The lowest BCUT2D eigenvalue weighted by molar-refractivity contribution is 0.475. The first-order valence-corrected chi connectivity index (χ1v) is 6.72. The number of hydrogen-bond acceptors (Lipinski definition) is 3. The molecular weight excluding hydrogens is 280 g/mol. The molecule has 3 aromatic rings. The Bertz CT molecular complexity index is 733. The zero-order valence-electron chi connectivity index (χ0n) is 10.2. The van der Waals surface area contributed by atoms with Crippen LogP contribution in [0.15, 0.2) is 47.8 Å². The summed E-state index contributed by atoms with van der Waals surface area (Å²) in [6, 6.07) is 10.2. The van der Waals surface area contributed by atoms with Gasteiger partial charge in [-0.15, -0.1) is 11.3 Å². The van der Waals surface area contributed by atoms with Gasteiger partial charge in [0.15, 0.2) is 0 Å². The van der Waals surface area contributed by atoms with E-state index in [1.165, 1.54) is 29.5 Å². The SMILES string of the molecule is Oc1ccc(-c2nc(-c3c(F)cccc3F)cs2)cc1. The molecule has 0 radical (unpaired) electrons. The average molecular weight is 289 g/mol. The van der Waals surface area contributed by atoms with Gasteiger partial charge in [0, 0.05) is 10.9 Å². The third kappa shape index (κ3) is 2.28. The van der Waals surface area contributed by atoms with Gasteiger partial charge in [0.05, 0.1) is 11.3 Å². The highest BCUT2D eigenvalue weighted by Crippen LogP contribution is 2.32. The van der Waals surface area contributed by atoms with Gasteiger partial charge in [0.1, 0.15) is 22.4 Å². The monoisotopic (exact) mass is 289 g/mol. The van der Waals surface area contributed by atoms with Gasteiger partial charge in [-0.05, 0) is 36.4 Å². The number of nitrogens with zero attached hydrogens (tertiary/aromatic N) is 1. The van der Waals surface area contributed by atoms with Crippen molar-refractivity contribution < 1.29 is 13.9 Å². The van der Waals surface area contributed by atoms with Gasteiger partial charge >= 0.3 is 0 Å². The van der Waals surface area contributed by atoms with Crippen molar-refractivity contribution in [3.63, 3.8) is 0 Å². The summed E-state index contributed by atoms with van der Waals surface area (Å²) >= 11 is 1.29. The number of aromatic nitrogens is 1. The van der Waals surface area contributed by atoms with Gasteiger partial charge in [-0.1, -0.05) is 6.07 Å². The zero-order chi connectivity index (χ0) is 14.1. The predicted molar refractivity (Wildman–Crippen MR) is 74.6 cm³/mol. The first kappa shape index (κ1) is 12.7. The summed E-state index contributed by atoms with van der Waals surface area (Å²) in [6.45, 7) is 0. The number of thiazole rings is 1. The fourth-order valence-corrected chi connectivity index (χ4v) is 2.68. The summed E-state index contributed by atoms with van der Waals surface area (Å²) in [5, 5.41) is 11.5. The number of phenols is 1. The summed E-state index contributed by atoms with van der Waals surface area (Å²) in [7, 11) is 0. The second kappa shape index (κ2) is 5.02. The molecule has 1 heterocycles. The Morgan fingerprint density at radius 3 is 2.25 bits per heavy atom. The maximum atomic E-state index is 13.7. The summed E-state index contributed by atoms with van der Waals surface area (Å²) < 4.78 is 27.4. The van der Waals surface area contributed by atoms with E-state index in [4.69, 9.17) is 0 Å². The molecule has 100 valence electrons. The van der Waals surface area contributed by atoms with Crippen molar-refractivity contribution in [1.29, 1.82) is 0 Å². The molecule has 0 amide bonds. The molecule has 0 aliphatic rings. The lowest BCUT2D eigenvalue weighted by Gasteiger charge is -2.00. The van der Waals surface area contributed by atoms with Crippen molar-refractivity contribution in [3.8, 4) is 27.6 Å². The summed E-state index contributed by atoms with van der Waals surface area (Å²) in [6.07, 6.45) is 0. The highest BCUT2D eigenvalue weighted by molar-refractivity contribution is 7.13. The molecule has 0 saturated heterocycles. The van der Waals surface area contributed by atoms with Crippen LogP contribution in [0, 0.1) is 11.6 Å². The Labute approximate surface area is 118 Å². The third-order valence-corrected chi connectivity index (χ3v) is 3.73. The lowest BCUT2D eigenvalue weighted by atomic mass is 10.1. The molecule has 0 aliphatic carbocycles. The van der Waals surface area contributed by atoms with Crippen LogP contribution in [0.5, 0.6) is 5.75 Å². The molecule has 0 bridgehead atoms. The van der Waals surface area contributed by atoms with E-state index in [9.17, 15) is 13.9 Å². The van der Waals surface area contributed by atoms with Crippen LogP contribution in [-0.2, 0) is 0 Å². The molecule has 3 rings (SSSR count). The second-order valence-electron chi connectivity index (χ2n) is 4.18. The Hall–Kier alpha value is -2.27. The van der Waals surface area contributed by atoms with E-state index in [2.05, 4.69) is 4.98 Å². The lowest BCUT2D eigenvalue weighted by Crippen LogP contribution is -1.89. The Kier molecular flexibility index (Phi) is 3.20. The first-order chi connectivity index (χ1) is 9.65. The van der Waals surface area contributed by atoms with Gasteiger partial charge < -0.3 is 5.11 Å². The minimum absolute atomic E-state index is 0.117. The summed E-state index contributed by atoms with van der Waals surface area (Å²) in [5.74, 6) is -1.11. The van der Waals surface area contributed by atoms with Crippen LogP contribution in [-0.4, -0.2) is 10.1 Å². The predicted octanol–water partition coefficient (Wildman–Crippen LogP) is 4.46. The molecule has 0 saturated carbocycles. The molecule has 0 atom stereocenters. The summed E-state index contributed by atoms with van der Waals surface area (Å²) in [4.78, 5) is 4.26. The molecule has 1 N–H and O–H groups in total. The van der Waals surface area contributed by atoms with Gasteiger partial charge in [0.2, 0.25) is 0 Å². The van der Waals surface area contributed by atoms with Crippen molar-refractivity contribution in [3.05, 3.63) is 59.5 Å². The maximum absolute atomic E-state index is 13.7. The van der Waals surface area contributed by atoms with Crippen LogP contribution >= 0.6 is 11.3 Å². The fourth-order valence-electron chi connectivity index (χ4n) is 1.87. The van der Waals surface area contributed by atoms with Crippen molar-refractivity contribution in [2.75, 3.05) is 0 Å². The minimum Gasteiger partial charge on any atom is -0.508 e. The van der Waals surface area contributed by atoms with Crippen molar-refractivity contribution in [2.45, 2.75) is 0 Å². The number of rotatable bonds is 2. The number of benzene rings is 2. The molecule has 0 aliphatic heterocycles. The molecule has 20 heavy (non-hydrogen) atoms. The molecule has 0 unspecified atom stereocenters. The summed E-state index contributed by atoms with van der Waals surface area (Å²) in [5.41, 5.74) is 0.943. The van der Waals surface area contributed by atoms with Crippen LogP contribution < -0.4 is 0 Å². The number of hydrogen-bond donors (Lipinski definition) is 1. The Morgan fingerprint density at radius 2 is 1.60 bits per heavy atom. The van der Waals surface area contributed by atoms with Crippen molar-refractivity contribution in [1.82, 2.24) is 4.98 Å². The minimum atomic E-state index is -0.632. The van der Waals surface area contributed by atoms with Crippen molar-refractivity contribution >= 4 is 11.3 Å². The highest BCUT2D eigenvalue weighted by atomic mass is 32.1. The van der Waals surface area contributed by atoms with E-state index in [0.717, 1.165) is 5.56 Å². The molecule has 2 nitrogen and oxygen atoms in total. The Balaban J connectivity index is 2.04. The smallest absolute Gasteiger partial charge is 0.135 e. The normalized spacial score (nSPS) is 10.7. The van der Waals surface area contributed by atoms with Crippen LogP contribution in [0.1, 0.15) is 0 Å². The molecule has 1 aromatic heterocycles. The maximum Gasteiger partial charge on any atom is 0.135 e. The van der Waals surface area contributed by atoms with Gasteiger partial charge in [-0.3, -0.25) is 0 Å². The van der Waals surface area contributed by atoms with E-state index in [-0.39, 0.29) is 17.0 Å². The van der Waals surface area contributed by atoms with E-state index >= 15 is 0 Å². The van der Waals surface area contributed by atoms with E-state index in [1.807, 2.05) is 0 Å². The van der Waals surface area contributed by atoms with Crippen molar-refractivity contribution in [2.24, 2.45) is 0 Å². The topological polar surface area (TPSA) is 33.1 Å². The number of halogens is 2. The van der Waals surface area contributed by atoms with Gasteiger partial charge in [-0.2, -0.15) is 0 Å². The average Bonchev–Trinajstić information content (AvgIpc) is 2.89.